The molecule has 0 radical (unpaired) electrons. The van der Waals surface area contributed by atoms with Crippen LogP contribution in [0.15, 0.2) is 16.9 Å². The van der Waals surface area contributed by atoms with Crippen molar-refractivity contribution in [3.63, 3.8) is 0 Å². The molecule has 0 spiro atoms. The first-order valence-corrected chi connectivity index (χ1v) is 7.44. The van der Waals surface area contributed by atoms with Crippen LogP contribution in [0.5, 0.6) is 5.75 Å². The standard InChI is InChI=1S/C15H15F4N3O4/c1-3-12-20-22(15(25)21(12)2)9-5-10(26-11(6-16)13(18)19)7(14(23)24)4-8(9)17/h4-5,11,13H,3,6H2,1-2H3,(H,23,24)/t11-/m0/s1. The quantitative estimate of drug-likeness (QED) is 0.746. The number of halogens is 4. The number of aryl methyl sites for hydroxylation is 1. The Bertz CT molecular complexity index is 879. The summed E-state index contributed by atoms with van der Waals surface area (Å²) in [4.78, 5) is 23.4. The van der Waals surface area contributed by atoms with E-state index in [1.165, 1.54) is 7.05 Å². The Morgan fingerprint density at radius 3 is 2.50 bits per heavy atom. The predicted octanol–water partition coefficient (Wildman–Crippen LogP) is 1.95. The molecule has 0 amide bonds. The van der Waals surface area contributed by atoms with Gasteiger partial charge in [0.2, 0.25) is 0 Å². The third-order valence-corrected chi connectivity index (χ3v) is 3.61. The molecule has 0 bridgehead atoms. The molecule has 0 aliphatic rings. The lowest BCUT2D eigenvalue weighted by Crippen LogP contribution is -2.29. The molecule has 0 aliphatic carbocycles. The molecule has 2 rings (SSSR count). The molecular formula is C15H15F4N3O4. The predicted molar refractivity (Wildman–Crippen MR) is 81.5 cm³/mol. The van der Waals surface area contributed by atoms with E-state index in [1.807, 2.05) is 0 Å². The molecule has 1 atom stereocenters. The number of alkyl halides is 3. The van der Waals surface area contributed by atoms with Gasteiger partial charge in [0.1, 0.15) is 35.3 Å². The second kappa shape index (κ2) is 7.58. The molecule has 0 saturated carbocycles. The first kappa shape index (κ1) is 19.5. The van der Waals surface area contributed by atoms with E-state index in [9.17, 15) is 27.2 Å². The van der Waals surface area contributed by atoms with Crippen LogP contribution in [-0.2, 0) is 13.5 Å². The average molecular weight is 377 g/mol. The van der Waals surface area contributed by atoms with Crippen LogP contribution in [0.3, 0.4) is 0 Å². The number of hydrogen-bond donors (Lipinski definition) is 1. The normalized spacial score (nSPS) is 12.4. The maximum atomic E-state index is 14.3. The summed E-state index contributed by atoms with van der Waals surface area (Å²) in [5.41, 5.74) is -2.02. The number of hydrogen-bond acceptors (Lipinski definition) is 4. The number of carboxylic acids is 1. The fourth-order valence-corrected chi connectivity index (χ4v) is 2.23. The van der Waals surface area contributed by atoms with Gasteiger partial charge in [0.15, 0.2) is 6.10 Å². The summed E-state index contributed by atoms with van der Waals surface area (Å²) >= 11 is 0. The number of ether oxygens (including phenoxy) is 1. The molecule has 7 nitrogen and oxygen atoms in total. The summed E-state index contributed by atoms with van der Waals surface area (Å²) in [6.45, 7) is 0.117. The summed E-state index contributed by atoms with van der Waals surface area (Å²) in [5.74, 6) is -3.19. The zero-order chi connectivity index (χ0) is 19.6. The Morgan fingerprint density at radius 2 is 2.04 bits per heavy atom. The van der Waals surface area contributed by atoms with Gasteiger partial charge >= 0.3 is 11.7 Å². The highest BCUT2D eigenvalue weighted by Crippen LogP contribution is 2.27. The average Bonchev–Trinajstić information content (AvgIpc) is 2.87. The first-order valence-electron chi connectivity index (χ1n) is 7.44. The largest absolute Gasteiger partial charge is 0.481 e. The molecule has 0 aliphatic heterocycles. The van der Waals surface area contributed by atoms with Crippen molar-refractivity contribution in [3.8, 4) is 11.4 Å². The van der Waals surface area contributed by atoms with Crippen LogP contribution < -0.4 is 10.4 Å². The lowest BCUT2D eigenvalue weighted by atomic mass is 10.1. The molecule has 26 heavy (non-hydrogen) atoms. The lowest BCUT2D eigenvalue weighted by Gasteiger charge is -2.17. The molecule has 2 aromatic rings. The molecule has 1 aromatic carbocycles. The van der Waals surface area contributed by atoms with Crippen molar-refractivity contribution in [2.24, 2.45) is 7.05 Å². The Balaban J connectivity index is 2.64. The van der Waals surface area contributed by atoms with Crippen LogP contribution in [0, 0.1) is 5.82 Å². The van der Waals surface area contributed by atoms with Gasteiger partial charge in [-0.25, -0.2) is 27.2 Å². The fraction of sp³-hybridized carbons (Fsp3) is 0.400. The molecule has 1 N–H and O–H groups in total. The highest BCUT2D eigenvalue weighted by molar-refractivity contribution is 5.91. The van der Waals surface area contributed by atoms with E-state index in [0.29, 0.717) is 23.0 Å². The van der Waals surface area contributed by atoms with Crippen molar-refractivity contribution in [1.29, 1.82) is 0 Å². The van der Waals surface area contributed by atoms with Crippen molar-refractivity contribution in [2.75, 3.05) is 6.67 Å². The number of rotatable bonds is 7. The number of aromatic carboxylic acids is 1. The summed E-state index contributed by atoms with van der Waals surface area (Å²) < 4.78 is 59.0. The fourth-order valence-electron chi connectivity index (χ4n) is 2.23. The van der Waals surface area contributed by atoms with Gasteiger partial charge in [-0.2, -0.15) is 4.68 Å². The number of aromatic nitrogens is 3. The van der Waals surface area contributed by atoms with Gasteiger partial charge in [-0.05, 0) is 6.07 Å². The van der Waals surface area contributed by atoms with Crippen LogP contribution >= 0.6 is 0 Å². The summed E-state index contributed by atoms with van der Waals surface area (Å²) in [7, 11) is 1.40. The van der Waals surface area contributed by atoms with Crippen molar-refractivity contribution in [2.45, 2.75) is 25.9 Å². The Kier molecular flexibility index (Phi) is 5.68. The maximum Gasteiger partial charge on any atom is 0.350 e. The highest BCUT2D eigenvalue weighted by Gasteiger charge is 2.27. The van der Waals surface area contributed by atoms with Gasteiger partial charge in [0.25, 0.3) is 6.43 Å². The van der Waals surface area contributed by atoms with Crippen LogP contribution in [0.25, 0.3) is 5.69 Å². The van der Waals surface area contributed by atoms with Crippen molar-refractivity contribution >= 4 is 5.97 Å². The van der Waals surface area contributed by atoms with Gasteiger partial charge in [0, 0.05) is 19.5 Å². The van der Waals surface area contributed by atoms with E-state index < -0.39 is 53.7 Å². The van der Waals surface area contributed by atoms with E-state index >= 15 is 0 Å². The van der Waals surface area contributed by atoms with Crippen molar-refractivity contribution in [1.82, 2.24) is 14.3 Å². The third-order valence-electron chi connectivity index (χ3n) is 3.61. The second-order valence-electron chi connectivity index (χ2n) is 5.27. The summed E-state index contributed by atoms with van der Waals surface area (Å²) in [6.07, 6.45) is -5.12. The minimum Gasteiger partial charge on any atom is -0.481 e. The van der Waals surface area contributed by atoms with Crippen LogP contribution in [-0.4, -0.2) is 44.6 Å². The SMILES string of the molecule is CCc1nn(-c2cc(O[C@@H](CF)C(F)F)c(C(=O)O)cc2F)c(=O)n1C. The first-order chi connectivity index (χ1) is 12.2. The lowest BCUT2D eigenvalue weighted by molar-refractivity contribution is -0.00198. The zero-order valence-corrected chi connectivity index (χ0v) is 13.7. The number of carbonyl (C=O) groups is 1. The molecule has 1 heterocycles. The van der Waals surface area contributed by atoms with Crippen molar-refractivity contribution in [3.05, 3.63) is 39.8 Å². The molecular weight excluding hydrogens is 362 g/mol. The highest BCUT2D eigenvalue weighted by atomic mass is 19.3. The van der Waals surface area contributed by atoms with Gasteiger partial charge < -0.3 is 9.84 Å². The monoisotopic (exact) mass is 377 g/mol. The van der Waals surface area contributed by atoms with E-state index in [1.54, 1.807) is 6.92 Å². The molecule has 0 fully saturated rings. The molecule has 0 unspecified atom stereocenters. The zero-order valence-electron chi connectivity index (χ0n) is 13.7. The van der Waals surface area contributed by atoms with Crippen LogP contribution in [0.2, 0.25) is 0 Å². The van der Waals surface area contributed by atoms with E-state index in [0.717, 1.165) is 10.6 Å². The molecule has 0 saturated heterocycles. The van der Waals surface area contributed by atoms with E-state index in [-0.39, 0.29) is 0 Å². The van der Waals surface area contributed by atoms with E-state index in [2.05, 4.69) is 5.10 Å². The summed E-state index contributed by atoms with van der Waals surface area (Å²) in [6, 6.07) is 1.23. The van der Waals surface area contributed by atoms with E-state index in [4.69, 9.17) is 9.84 Å². The Hall–Kier alpha value is -2.85. The molecule has 142 valence electrons. The Labute approximate surface area is 144 Å². The van der Waals surface area contributed by atoms with Gasteiger partial charge in [-0.1, -0.05) is 6.92 Å². The number of nitrogens with zero attached hydrogens (tertiary/aromatic N) is 3. The molecule has 1 aromatic heterocycles. The number of benzene rings is 1. The Morgan fingerprint density at radius 1 is 1.38 bits per heavy atom. The van der Waals surface area contributed by atoms with Crippen molar-refractivity contribution < 1.29 is 32.2 Å². The smallest absolute Gasteiger partial charge is 0.350 e. The van der Waals surface area contributed by atoms with Crippen LogP contribution in [0.4, 0.5) is 17.6 Å². The topological polar surface area (TPSA) is 86.4 Å². The van der Waals surface area contributed by atoms with Gasteiger partial charge in [-0.3, -0.25) is 4.57 Å². The minimum atomic E-state index is -3.24. The minimum absolute atomic E-state index is 0.313. The van der Waals surface area contributed by atoms with Crippen LogP contribution in [0.1, 0.15) is 23.1 Å². The van der Waals surface area contributed by atoms with Gasteiger partial charge in [0.05, 0.1) is 0 Å². The second-order valence-corrected chi connectivity index (χ2v) is 5.27. The third kappa shape index (κ3) is 3.55. The molecule has 11 heteroatoms. The summed E-state index contributed by atoms with van der Waals surface area (Å²) in [5, 5.41) is 13.0. The number of carboxylic acid groups (broad SMARTS) is 1. The maximum absolute atomic E-state index is 14.3. The van der Waals surface area contributed by atoms with Gasteiger partial charge in [-0.15, -0.1) is 5.10 Å².